The molecule has 4 rings (SSSR count). The molecule has 1 aliphatic heterocycles. The van der Waals surface area contributed by atoms with E-state index < -0.39 is 0 Å². The van der Waals surface area contributed by atoms with E-state index in [1.54, 1.807) is 7.11 Å². The molecule has 0 bridgehead atoms. The summed E-state index contributed by atoms with van der Waals surface area (Å²) in [5, 5.41) is 8.55. The molecule has 186 valence electrons. The quantitative estimate of drug-likeness (QED) is 0.354. The standard InChI is InChI=1S/C30H39N3O2/c1-8-30(9-2,22-16-14-20(3)15-17-22)19-25(34)27-21(4)32-33-28(27)31-24(18-29(33,5)6)23-12-10-11-13-26(23)35-7/h10-17,24,31H,8-9,18-19H2,1-7H3. The summed E-state index contributed by atoms with van der Waals surface area (Å²) in [6.07, 6.45) is 3.11. The van der Waals surface area contributed by atoms with Gasteiger partial charge in [-0.25, -0.2) is 4.68 Å². The summed E-state index contributed by atoms with van der Waals surface area (Å²) in [7, 11) is 1.70. The van der Waals surface area contributed by atoms with Crippen molar-refractivity contribution >= 4 is 11.6 Å². The van der Waals surface area contributed by atoms with Gasteiger partial charge in [0.05, 0.1) is 29.9 Å². The van der Waals surface area contributed by atoms with Gasteiger partial charge in [-0.05, 0) is 58.6 Å². The van der Waals surface area contributed by atoms with Gasteiger partial charge in [-0.15, -0.1) is 0 Å². The summed E-state index contributed by atoms with van der Waals surface area (Å²) in [4.78, 5) is 14.0. The second kappa shape index (κ2) is 9.52. The van der Waals surface area contributed by atoms with Crippen LogP contribution in [0, 0.1) is 13.8 Å². The lowest BCUT2D eigenvalue weighted by molar-refractivity contribution is 0.0944. The second-order valence-corrected chi connectivity index (χ2v) is 10.6. The van der Waals surface area contributed by atoms with Gasteiger partial charge in [0.25, 0.3) is 0 Å². The largest absolute Gasteiger partial charge is 0.496 e. The van der Waals surface area contributed by atoms with Crippen LogP contribution in [0.2, 0.25) is 0 Å². The average molecular weight is 474 g/mol. The number of carbonyl (C=O) groups excluding carboxylic acids is 1. The molecule has 1 atom stereocenters. The van der Waals surface area contributed by atoms with Gasteiger partial charge in [-0.3, -0.25) is 4.79 Å². The molecule has 0 saturated heterocycles. The molecule has 1 aliphatic rings. The zero-order valence-corrected chi connectivity index (χ0v) is 22.2. The first-order chi connectivity index (χ1) is 16.7. The Morgan fingerprint density at radius 3 is 2.40 bits per heavy atom. The van der Waals surface area contributed by atoms with Crippen molar-refractivity contribution in [1.29, 1.82) is 0 Å². The van der Waals surface area contributed by atoms with Crippen LogP contribution < -0.4 is 10.1 Å². The molecular formula is C30H39N3O2. The van der Waals surface area contributed by atoms with Crippen LogP contribution in [0.25, 0.3) is 0 Å². The molecule has 0 amide bonds. The van der Waals surface area contributed by atoms with Crippen molar-refractivity contribution in [3.05, 3.63) is 76.5 Å². The first-order valence-corrected chi connectivity index (χ1v) is 12.8. The van der Waals surface area contributed by atoms with E-state index in [9.17, 15) is 4.79 Å². The summed E-state index contributed by atoms with van der Waals surface area (Å²) in [6.45, 7) is 12.8. The van der Waals surface area contributed by atoms with E-state index in [0.29, 0.717) is 6.42 Å². The first-order valence-electron chi connectivity index (χ1n) is 12.8. The number of benzene rings is 2. The van der Waals surface area contributed by atoms with Crippen molar-refractivity contribution in [1.82, 2.24) is 9.78 Å². The van der Waals surface area contributed by atoms with Gasteiger partial charge in [0.15, 0.2) is 5.78 Å². The molecule has 0 radical (unpaired) electrons. The molecule has 2 heterocycles. The van der Waals surface area contributed by atoms with Crippen molar-refractivity contribution in [2.75, 3.05) is 12.4 Å². The topological polar surface area (TPSA) is 56.2 Å². The maximum atomic E-state index is 14.0. The zero-order chi connectivity index (χ0) is 25.4. The van der Waals surface area contributed by atoms with Crippen molar-refractivity contribution in [3.63, 3.8) is 0 Å². The van der Waals surface area contributed by atoms with Gasteiger partial charge < -0.3 is 10.1 Å². The smallest absolute Gasteiger partial charge is 0.169 e. The minimum Gasteiger partial charge on any atom is -0.496 e. The number of methoxy groups -OCH3 is 1. The van der Waals surface area contributed by atoms with Crippen molar-refractivity contribution in [2.24, 2.45) is 0 Å². The Morgan fingerprint density at radius 2 is 1.77 bits per heavy atom. The monoisotopic (exact) mass is 473 g/mol. The third kappa shape index (κ3) is 4.49. The number of aryl methyl sites for hydroxylation is 2. The number of aromatic nitrogens is 2. The predicted octanol–water partition coefficient (Wildman–Crippen LogP) is 7.13. The van der Waals surface area contributed by atoms with Crippen molar-refractivity contribution in [2.45, 2.75) is 84.2 Å². The third-order valence-corrected chi connectivity index (χ3v) is 7.96. The van der Waals surface area contributed by atoms with Crippen LogP contribution in [0.3, 0.4) is 0 Å². The highest BCUT2D eigenvalue weighted by Crippen LogP contribution is 2.44. The molecule has 0 aliphatic carbocycles. The van der Waals surface area contributed by atoms with Crippen LogP contribution >= 0.6 is 0 Å². The molecule has 35 heavy (non-hydrogen) atoms. The van der Waals surface area contributed by atoms with E-state index in [-0.39, 0.29) is 22.8 Å². The van der Waals surface area contributed by atoms with Gasteiger partial charge >= 0.3 is 0 Å². The lowest BCUT2D eigenvalue weighted by atomic mass is 9.71. The zero-order valence-electron chi connectivity index (χ0n) is 22.2. The lowest BCUT2D eigenvalue weighted by Gasteiger charge is -2.39. The molecule has 0 spiro atoms. The maximum absolute atomic E-state index is 14.0. The molecule has 2 aromatic carbocycles. The number of hydrogen-bond donors (Lipinski definition) is 1. The average Bonchev–Trinajstić information content (AvgIpc) is 3.19. The van der Waals surface area contributed by atoms with Gasteiger partial charge in [0.1, 0.15) is 11.6 Å². The van der Waals surface area contributed by atoms with Gasteiger partial charge in [0, 0.05) is 17.4 Å². The minimum absolute atomic E-state index is 0.0236. The number of rotatable bonds is 8. The highest BCUT2D eigenvalue weighted by Gasteiger charge is 2.40. The Morgan fingerprint density at radius 1 is 1.11 bits per heavy atom. The van der Waals surface area contributed by atoms with Gasteiger partial charge in [-0.2, -0.15) is 5.10 Å². The number of anilines is 1. The highest BCUT2D eigenvalue weighted by atomic mass is 16.5. The number of Topliss-reactive ketones (excluding diaryl/α,β-unsaturated/α-hetero) is 1. The fourth-order valence-electron chi connectivity index (χ4n) is 5.69. The Kier molecular flexibility index (Phi) is 6.81. The lowest BCUT2D eigenvalue weighted by Crippen LogP contribution is -2.38. The van der Waals surface area contributed by atoms with E-state index in [0.717, 1.165) is 47.7 Å². The summed E-state index contributed by atoms with van der Waals surface area (Å²) in [5.41, 5.74) is 4.63. The number of carbonyl (C=O) groups is 1. The van der Waals surface area contributed by atoms with Crippen molar-refractivity contribution < 1.29 is 9.53 Å². The van der Waals surface area contributed by atoms with Crippen LogP contribution in [0.5, 0.6) is 5.75 Å². The summed E-state index contributed by atoms with van der Waals surface area (Å²) >= 11 is 0. The van der Waals surface area contributed by atoms with E-state index in [1.165, 1.54) is 11.1 Å². The second-order valence-electron chi connectivity index (χ2n) is 10.6. The van der Waals surface area contributed by atoms with Crippen LogP contribution in [0.1, 0.15) is 92.2 Å². The Bertz CT molecular complexity index is 1200. The number of fused-ring (bicyclic) bond motifs is 1. The summed E-state index contributed by atoms with van der Waals surface area (Å²) in [6, 6.07) is 16.8. The minimum atomic E-state index is -0.251. The fourth-order valence-corrected chi connectivity index (χ4v) is 5.69. The van der Waals surface area contributed by atoms with E-state index in [1.807, 2.05) is 29.8 Å². The molecule has 1 aromatic heterocycles. The Labute approximate surface area is 209 Å². The molecule has 3 aromatic rings. The molecule has 5 nitrogen and oxygen atoms in total. The van der Waals surface area contributed by atoms with Crippen LogP contribution in [-0.4, -0.2) is 22.7 Å². The maximum Gasteiger partial charge on any atom is 0.169 e. The summed E-state index contributed by atoms with van der Waals surface area (Å²) < 4.78 is 7.68. The fraction of sp³-hybridized carbons (Fsp3) is 0.467. The predicted molar refractivity (Wildman–Crippen MR) is 143 cm³/mol. The van der Waals surface area contributed by atoms with E-state index >= 15 is 0 Å². The molecule has 0 fully saturated rings. The number of para-hydroxylation sites is 1. The van der Waals surface area contributed by atoms with E-state index in [4.69, 9.17) is 9.84 Å². The molecule has 1 N–H and O–H groups in total. The molecular weight excluding hydrogens is 434 g/mol. The molecule has 1 unspecified atom stereocenters. The molecule has 5 heteroatoms. The van der Waals surface area contributed by atoms with Crippen molar-refractivity contribution in [3.8, 4) is 5.75 Å². The van der Waals surface area contributed by atoms with Gasteiger partial charge in [-0.1, -0.05) is 61.9 Å². The molecule has 0 saturated carbocycles. The van der Waals surface area contributed by atoms with E-state index in [2.05, 4.69) is 70.3 Å². The SMILES string of the molecule is CCC(CC)(CC(=O)c1c(C)nn2c1NC(c1ccccc1OC)CC2(C)C)c1ccc(C)cc1. The van der Waals surface area contributed by atoms with Crippen LogP contribution in [-0.2, 0) is 11.0 Å². The van der Waals surface area contributed by atoms with Gasteiger partial charge in [0.2, 0.25) is 0 Å². The van der Waals surface area contributed by atoms with Crippen LogP contribution in [0.15, 0.2) is 48.5 Å². The number of nitrogens with one attached hydrogen (secondary N) is 1. The normalized spacial score (nSPS) is 16.9. The number of ketones is 1. The highest BCUT2D eigenvalue weighted by molar-refractivity contribution is 6.02. The first kappa shape index (κ1) is 25.0. The third-order valence-electron chi connectivity index (χ3n) is 7.96. The number of ether oxygens (including phenoxy) is 1. The number of hydrogen-bond acceptors (Lipinski definition) is 4. The van der Waals surface area contributed by atoms with Crippen LogP contribution in [0.4, 0.5) is 5.82 Å². The Hall–Kier alpha value is -3.08. The summed E-state index contributed by atoms with van der Waals surface area (Å²) in [5.74, 6) is 1.83. The Balaban J connectivity index is 1.74. The number of nitrogens with zero attached hydrogens (tertiary/aromatic N) is 2.